The Morgan fingerprint density at radius 2 is 1.97 bits per heavy atom. The van der Waals surface area contributed by atoms with Gasteiger partial charge in [-0.2, -0.15) is 0 Å². The third kappa shape index (κ3) is 6.37. The molecular weight excluding hydrogens is 420 g/mol. The quantitative estimate of drug-likeness (QED) is 0.377. The maximum absolute atomic E-state index is 12.5. The zero-order valence-corrected chi connectivity index (χ0v) is 20.5. The zero-order chi connectivity index (χ0) is 23.1. The number of rotatable bonds is 10. The van der Waals surface area contributed by atoms with E-state index in [1.54, 1.807) is 0 Å². The molecule has 6 nitrogen and oxygen atoms in total. The number of hydrogen-bond acceptors (Lipinski definition) is 5. The molecule has 1 fully saturated rings. The van der Waals surface area contributed by atoms with Gasteiger partial charge in [0.1, 0.15) is 5.75 Å². The fourth-order valence-corrected chi connectivity index (χ4v) is 4.87. The van der Waals surface area contributed by atoms with Crippen molar-refractivity contribution in [2.45, 2.75) is 83.1 Å². The number of amides is 1. The minimum atomic E-state index is -0.279. The fraction of sp³-hybridized carbons (Fsp3) is 0.560. The molecule has 3 unspecified atom stereocenters. The molecule has 1 aliphatic rings. The van der Waals surface area contributed by atoms with Gasteiger partial charge >= 0.3 is 0 Å². The molecule has 1 aromatic carbocycles. The first kappa shape index (κ1) is 24.4. The molecule has 1 aliphatic carbocycles. The van der Waals surface area contributed by atoms with Crippen molar-refractivity contribution < 1.29 is 9.53 Å². The van der Waals surface area contributed by atoms with Crippen LogP contribution in [0.15, 0.2) is 42.1 Å². The molecule has 2 aromatic rings. The molecule has 0 aliphatic heterocycles. The highest BCUT2D eigenvalue weighted by Gasteiger charge is 2.24. The molecule has 32 heavy (non-hydrogen) atoms. The van der Waals surface area contributed by atoms with Gasteiger partial charge in [0.05, 0.1) is 5.75 Å². The van der Waals surface area contributed by atoms with Crippen molar-refractivity contribution in [2.24, 2.45) is 5.92 Å². The van der Waals surface area contributed by atoms with Crippen LogP contribution in [0.3, 0.4) is 0 Å². The molecule has 1 aromatic heterocycles. The van der Waals surface area contributed by atoms with Crippen molar-refractivity contribution in [3.8, 4) is 5.75 Å². The minimum Gasteiger partial charge on any atom is -0.483 e. The lowest BCUT2D eigenvalue weighted by atomic mass is 9.86. The lowest BCUT2D eigenvalue weighted by Gasteiger charge is -2.29. The van der Waals surface area contributed by atoms with Gasteiger partial charge in [-0.05, 0) is 49.3 Å². The first-order valence-corrected chi connectivity index (χ1v) is 12.6. The average Bonchev–Trinajstić information content (AvgIpc) is 3.17. The van der Waals surface area contributed by atoms with Crippen molar-refractivity contribution in [2.75, 3.05) is 5.75 Å². The Morgan fingerprint density at radius 3 is 2.62 bits per heavy atom. The Balaban J connectivity index is 1.62. The van der Waals surface area contributed by atoms with E-state index in [1.165, 1.54) is 36.6 Å². The SMILES string of the molecule is C=CCn1c(SCC(=O)NC2CCCCC2C)nnc1C(C)Oc1ccc(C(C)C)cc1. The number of hydrogen-bond donors (Lipinski definition) is 1. The number of ether oxygens (including phenoxy) is 1. The van der Waals surface area contributed by atoms with E-state index in [0.29, 0.717) is 29.3 Å². The van der Waals surface area contributed by atoms with E-state index >= 15 is 0 Å². The molecule has 3 atom stereocenters. The van der Waals surface area contributed by atoms with E-state index in [2.05, 4.69) is 55.0 Å². The van der Waals surface area contributed by atoms with Crippen LogP contribution in [0.1, 0.15) is 76.8 Å². The summed E-state index contributed by atoms with van der Waals surface area (Å²) in [6.45, 7) is 13.0. The van der Waals surface area contributed by atoms with Crippen LogP contribution in [0.2, 0.25) is 0 Å². The number of aromatic nitrogens is 3. The van der Waals surface area contributed by atoms with Crippen LogP contribution >= 0.6 is 11.8 Å². The van der Waals surface area contributed by atoms with Gasteiger partial charge in [0.15, 0.2) is 17.1 Å². The third-order valence-corrected chi connectivity index (χ3v) is 7.04. The Hall–Kier alpha value is -2.28. The summed E-state index contributed by atoms with van der Waals surface area (Å²) in [5.74, 6) is 2.92. The lowest BCUT2D eigenvalue weighted by Crippen LogP contribution is -2.41. The molecule has 3 rings (SSSR count). The summed E-state index contributed by atoms with van der Waals surface area (Å²) in [4.78, 5) is 12.5. The van der Waals surface area contributed by atoms with Crippen molar-refractivity contribution in [1.29, 1.82) is 0 Å². The van der Waals surface area contributed by atoms with Gasteiger partial charge in [-0.15, -0.1) is 16.8 Å². The molecular formula is C25H36N4O2S. The molecule has 174 valence electrons. The highest BCUT2D eigenvalue weighted by molar-refractivity contribution is 7.99. The maximum atomic E-state index is 12.5. The zero-order valence-electron chi connectivity index (χ0n) is 19.7. The van der Waals surface area contributed by atoms with E-state index < -0.39 is 0 Å². The van der Waals surface area contributed by atoms with Crippen LogP contribution in [-0.2, 0) is 11.3 Å². The lowest BCUT2D eigenvalue weighted by molar-refractivity contribution is -0.119. The first-order chi connectivity index (χ1) is 15.4. The van der Waals surface area contributed by atoms with E-state index in [0.717, 1.165) is 18.0 Å². The van der Waals surface area contributed by atoms with Gasteiger partial charge in [-0.3, -0.25) is 9.36 Å². The summed E-state index contributed by atoms with van der Waals surface area (Å²) in [5.41, 5.74) is 1.28. The number of allylic oxidation sites excluding steroid dienone is 1. The average molecular weight is 457 g/mol. The first-order valence-electron chi connectivity index (χ1n) is 11.6. The number of thioether (sulfide) groups is 1. The molecule has 0 radical (unpaired) electrons. The molecule has 7 heteroatoms. The predicted octanol–water partition coefficient (Wildman–Crippen LogP) is 5.51. The monoisotopic (exact) mass is 456 g/mol. The largest absolute Gasteiger partial charge is 0.483 e. The predicted molar refractivity (Wildman–Crippen MR) is 130 cm³/mol. The third-order valence-electron chi connectivity index (χ3n) is 6.07. The normalized spacial score (nSPS) is 19.5. The van der Waals surface area contributed by atoms with Gasteiger partial charge in [-0.25, -0.2) is 0 Å². The number of carbonyl (C=O) groups excluding carboxylic acids is 1. The van der Waals surface area contributed by atoms with E-state index in [9.17, 15) is 4.79 Å². The van der Waals surface area contributed by atoms with Crippen molar-refractivity contribution in [1.82, 2.24) is 20.1 Å². The summed E-state index contributed by atoms with van der Waals surface area (Å²) in [6, 6.07) is 8.45. The number of nitrogens with zero attached hydrogens (tertiary/aromatic N) is 3. The van der Waals surface area contributed by atoms with Crippen molar-refractivity contribution in [3.05, 3.63) is 48.3 Å². The van der Waals surface area contributed by atoms with Crippen LogP contribution in [0.25, 0.3) is 0 Å². The van der Waals surface area contributed by atoms with Crippen molar-refractivity contribution >= 4 is 17.7 Å². The van der Waals surface area contributed by atoms with Gasteiger partial charge in [-0.1, -0.05) is 63.6 Å². The fourth-order valence-electron chi connectivity index (χ4n) is 4.11. The van der Waals surface area contributed by atoms with Gasteiger partial charge in [0, 0.05) is 12.6 Å². The van der Waals surface area contributed by atoms with E-state index in [1.807, 2.05) is 29.7 Å². The molecule has 0 spiro atoms. The summed E-state index contributed by atoms with van der Waals surface area (Å²) in [6.07, 6.45) is 6.24. The van der Waals surface area contributed by atoms with Crippen LogP contribution in [0, 0.1) is 5.92 Å². The molecule has 0 saturated heterocycles. The number of carbonyl (C=O) groups is 1. The van der Waals surface area contributed by atoms with E-state index in [4.69, 9.17) is 4.74 Å². The Kier molecular flexibility index (Phi) is 8.79. The van der Waals surface area contributed by atoms with Crippen LogP contribution < -0.4 is 10.1 Å². The Bertz CT molecular complexity index is 894. The number of benzene rings is 1. The van der Waals surface area contributed by atoms with Gasteiger partial charge in [0.25, 0.3) is 0 Å². The van der Waals surface area contributed by atoms with Crippen LogP contribution in [0.5, 0.6) is 5.75 Å². The van der Waals surface area contributed by atoms with Gasteiger partial charge in [0.2, 0.25) is 5.91 Å². The highest BCUT2D eigenvalue weighted by atomic mass is 32.2. The second kappa shape index (κ2) is 11.5. The van der Waals surface area contributed by atoms with Crippen molar-refractivity contribution in [3.63, 3.8) is 0 Å². The minimum absolute atomic E-state index is 0.0537. The molecule has 1 heterocycles. The Morgan fingerprint density at radius 1 is 1.25 bits per heavy atom. The van der Waals surface area contributed by atoms with E-state index in [-0.39, 0.29) is 18.1 Å². The van der Waals surface area contributed by atoms with Crippen LogP contribution in [-0.4, -0.2) is 32.5 Å². The Labute approximate surface area is 196 Å². The standard InChI is InChI=1S/C25H36N4O2S/c1-6-15-29-24(19(5)31-21-13-11-20(12-14-21)17(2)3)27-28-25(29)32-16-23(30)26-22-10-8-7-9-18(22)4/h6,11-14,17-19,22H,1,7-10,15-16H2,2-5H3,(H,26,30). The molecule has 0 bridgehead atoms. The molecule has 1 N–H and O–H groups in total. The molecule has 1 saturated carbocycles. The molecule has 1 amide bonds. The summed E-state index contributed by atoms with van der Waals surface area (Å²) in [5, 5.41) is 12.6. The second-order valence-electron chi connectivity index (χ2n) is 8.95. The highest BCUT2D eigenvalue weighted by Crippen LogP contribution is 2.27. The maximum Gasteiger partial charge on any atom is 0.230 e. The summed E-state index contributed by atoms with van der Waals surface area (Å²) < 4.78 is 8.10. The van der Waals surface area contributed by atoms with Gasteiger partial charge < -0.3 is 10.1 Å². The second-order valence-corrected chi connectivity index (χ2v) is 9.89. The number of nitrogens with one attached hydrogen (secondary N) is 1. The summed E-state index contributed by atoms with van der Waals surface area (Å²) in [7, 11) is 0. The summed E-state index contributed by atoms with van der Waals surface area (Å²) >= 11 is 1.41. The smallest absolute Gasteiger partial charge is 0.230 e. The van der Waals surface area contributed by atoms with Crippen LogP contribution in [0.4, 0.5) is 0 Å². The topological polar surface area (TPSA) is 69.0 Å².